The summed E-state index contributed by atoms with van der Waals surface area (Å²) in [5.74, 6) is 1.55. The Hall–Kier alpha value is -1.90. The number of hydrogen-bond donors (Lipinski definition) is 1. The predicted molar refractivity (Wildman–Crippen MR) is 53.9 cm³/mol. The van der Waals surface area contributed by atoms with Gasteiger partial charge < -0.3 is 14.9 Å². The predicted octanol–water partition coefficient (Wildman–Crippen LogP) is 2.44. The second kappa shape index (κ2) is 3.87. The van der Waals surface area contributed by atoms with E-state index in [4.69, 9.17) is 14.9 Å². The summed E-state index contributed by atoms with van der Waals surface area (Å²) in [6, 6.07) is 11.0. The van der Waals surface area contributed by atoms with Gasteiger partial charge in [0, 0.05) is 11.8 Å². The van der Waals surface area contributed by atoms with Crippen LogP contribution >= 0.6 is 0 Å². The molecule has 14 heavy (non-hydrogen) atoms. The maximum Gasteiger partial charge on any atom is 0.146 e. The third-order valence-corrected chi connectivity index (χ3v) is 1.82. The van der Waals surface area contributed by atoms with E-state index in [1.54, 1.807) is 12.3 Å². The molecule has 3 heteroatoms. The zero-order valence-corrected chi connectivity index (χ0v) is 7.64. The SMILES string of the molecule is Nc1cccc(OCc2ccco2)c1. The molecule has 1 aromatic carbocycles. The van der Waals surface area contributed by atoms with Crippen molar-refractivity contribution in [2.75, 3.05) is 5.73 Å². The molecule has 0 saturated heterocycles. The molecule has 0 aliphatic carbocycles. The fourth-order valence-corrected chi connectivity index (χ4v) is 1.15. The molecule has 0 bridgehead atoms. The zero-order chi connectivity index (χ0) is 9.80. The van der Waals surface area contributed by atoms with Gasteiger partial charge in [-0.2, -0.15) is 0 Å². The van der Waals surface area contributed by atoms with Crippen molar-refractivity contribution in [1.82, 2.24) is 0 Å². The number of anilines is 1. The van der Waals surface area contributed by atoms with Gasteiger partial charge in [0.1, 0.15) is 18.1 Å². The van der Waals surface area contributed by atoms with Crippen LogP contribution in [-0.2, 0) is 6.61 Å². The van der Waals surface area contributed by atoms with Crippen LogP contribution < -0.4 is 10.5 Å². The Bertz CT molecular complexity index is 395. The molecule has 0 fully saturated rings. The summed E-state index contributed by atoms with van der Waals surface area (Å²) in [5, 5.41) is 0. The molecule has 72 valence electrons. The standard InChI is InChI=1S/C11H11NO2/c12-9-3-1-4-10(7-9)14-8-11-5-2-6-13-11/h1-7H,8,12H2. The van der Waals surface area contributed by atoms with Crippen molar-refractivity contribution in [1.29, 1.82) is 0 Å². The molecule has 3 nitrogen and oxygen atoms in total. The van der Waals surface area contributed by atoms with E-state index in [9.17, 15) is 0 Å². The quantitative estimate of drug-likeness (QED) is 0.754. The molecule has 0 atom stereocenters. The van der Waals surface area contributed by atoms with E-state index in [0.29, 0.717) is 12.3 Å². The number of nitrogens with two attached hydrogens (primary N) is 1. The molecule has 0 spiro atoms. The first kappa shape index (κ1) is 8.69. The second-order valence-electron chi connectivity index (χ2n) is 2.94. The first-order valence-corrected chi connectivity index (χ1v) is 4.35. The van der Waals surface area contributed by atoms with Gasteiger partial charge in [0.25, 0.3) is 0 Å². The highest BCUT2D eigenvalue weighted by atomic mass is 16.5. The van der Waals surface area contributed by atoms with Crippen LogP contribution in [0.25, 0.3) is 0 Å². The molecule has 2 aromatic rings. The molecular formula is C11H11NO2. The van der Waals surface area contributed by atoms with Crippen LogP contribution in [0.1, 0.15) is 5.76 Å². The van der Waals surface area contributed by atoms with E-state index in [0.717, 1.165) is 11.5 Å². The number of hydrogen-bond acceptors (Lipinski definition) is 3. The average Bonchev–Trinajstić information content (AvgIpc) is 2.67. The van der Waals surface area contributed by atoms with Crippen molar-refractivity contribution in [3.8, 4) is 5.75 Å². The van der Waals surface area contributed by atoms with Gasteiger partial charge in [0.15, 0.2) is 0 Å². The molecule has 2 N–H and O–H groups in total. The highest BCUT2D eigenvalue weighted by molar-refractivity contribution is 5.43. The summed E-state index contributed by atoms with van der Waals surface area (Å²) in [4.78, 5) is 0. The molecule has 0 saturated carbocycles. The lowest BCUT2D eigenvalue weighted by Gasteiger charge is -2.04. The monoisotopic (exact) mass is 189 g/mol. The Morgan fingerprint density at radius 2 is 2.14 bits per heavy atom. The molecule has 0 amide bonds. The van der Waals surface area contributed by atoms with Gasteiger partial charge in [-0.1, -0.05) is 6.07 Å². The van der Waals surface area contributed by atoms with E-state index in [1.807, 2.05) is 30.3 Å². The van der Waals surface area contributed by atoms with Gasteiger partial charge in [-0.15, -0.1) is 0 Å². The van der Waals surface area contributed by atoms with Crippen LogP contribution in [-0.4, -0.2) is 0 Å². The van der Waals surface area contributed by atoms with Crippen LogP contribution in [0.3, 0.4) is 0 Å². The zero-order valence-electron chi connectivity index (χ0n) is 7.64. The lowest BCUT2D eigenvalue weighted by atomic mass is 10.3. The molecule has 2 rings (SSSR count). The lowest BCUT2D eigenvalue weighted by molar-refractivity contribution is 0.270. The Morgan fingerprint density at radius 1 is 1.21 bits per heavy atom. The van der Waals surface area contributed by atoms with Crippen molar-refractivity contribution >= 4 is 5.69 Å². The molecule has 1 heterocycles. The van der Waals surface area contributed by atoms with E-state index in [1.165, 1.54) is 0 Å². The smallest absolute Gasteiger partial charge is 0.146 e. The minimum atomic E-state index is 0.427. The highest BCUT2D eigenvalue weighted by Crippen LogP contribution is 2.16. The molecule has 0 aliphatic heterocycles. The van der Waals surface area contributed by atoms with Crippen LogP contribution in [0.15, 0.2) is 47.1 Å². The van der Waals surface area contributed by atoms with Gasteiger partial charge in [-0.3, -0.25) is 0 Å². The van der Waals surface area contributed by atoms with Gasteiger partial charge >= 0.3 is 0 Å². The number of nitrogen functional groups attached to an aromatic ring is 1. The summed E-state index contributed by atoms with van der Waals surface area (Å²) in [7, 11) is 0. The number of ether oxygens (including phenoxy) is 1. The van der Waals surface area contributed by atoms with E-state index in [2.05, 4.69) is 0 Å². The maximum absolute atomic E-state index is 5.60. The van der Waals surface area contributed by atoms with E-state index < -0.39 is 0 Å². The Labute approximate surface area is 82.1 Å². The van der Waals surface area contributed by atoms with Crippen LogP contribution in [0.4, 0.5) is 5.69 Å². The van der Waals surface area contributed by atoms with Gasteiger partial charge in [-0.25, -0.2) is 0 Å². The molecule has 0 radical (unpaired) electrons. The molecule has 0 aliphatic rings. The Balaban J connectivity index is 1.98. The fraction of sp³-hybridized carbons (Fsp3) is 0.0909. The van der Waals surface area contributed by atoms with Crippen molar-refractivity contribution in [2.24, 2.45) is 0 Å². The van der Waals surface area contributed by atoms with Crippen molar-refractivity contribution in [2.45, 2.75) is 6.61 Å². The number of rotatable bonds is 3. The number of benzene rings is 1. The third kappa shape index (κ3) is 2.07. The molecule has 0 unspecified atom stereocenters. The third-order valence-electron chi connectivity index (χ3n) is 1.82. The minimum Gasteiger partial charge on any atom is -0.486 e. The van der Waals surface area contributed by atoms with Crippen LogP contribution in [0.2, 0.25) is 0 Å². The minimum absolute atomic E-state index is 0.427. The van der Waals surface area contributed by atoms with E-state index in [-0.39, 0.29) is 0 Å². The van der Waals surface area contributed by atoms with Gasteiger partial charge in [0.05, 0.1) is 6.26 Å². The fourth-order valence-electron chi connectivity index (χ4n) is 1.15. The van der Waals surface area contributed by atoms with Crippen LogP contribution in [0, 0.1) is 0 Å². The van der Waals surface area contributed by atoms with E-state index >= 15 is 0 Å². The normalized spacial score (nSPS) is 10.0. The van der Waals surface area contributed by atoms with Crippen molar-refractivity contribution in [3.63, 3.8) is 0 Å². The van der Waals surface area contributed by atoms with Crippen molar-refractivity contribution in [3.05, 3.63) is 48.4 Å². The summed E-state index contributed by atoms with van der Waals surface area (Å²) in [6.07, 6.45) is 1.62. The Morgan fingerprint density at radius 3 is 2.86 bits per heavy atom. The lowest BCUT2D eigenvalue weighted by Crippen LogP contribution is -1.94. The summed E-state index contributed by atoms with van der Waals surface area (Å²) in [5.41, 5.74) is 6.30. The summed E-state index contributed by atoms with van der Waals surface area (Å²) in [6.45, 7) is 0.427. The average molecular weight is 189 g/mol. The second-order valence-corrected chi connectivity index (χ2v) is 2.94. The maximum atomic E-state index is 5.60. The topological polar surface area (TPSA) is 48.4 Å². The summed E-state index contributed by atoms with van der Waals surface area (Å²) < 4.78 is 10.6. The molecule has 1 aromatic heterocycles. The van der Waals surface area contributed by atoms with Gasteiger partial charge in [0.2, 0.25) is 0 Å². The highest BCUT2D eigenvalue weighted by Gasteiger charge is 1.97. The Kier molecular flexibility index (Phi) is 2.40. The van der Waals surface area contributed by atoms with Crippen LogP contribution in [0.5, 0.6) is 5.75 Å². The molecular weight excluding hydrogens is 178 g/mol. The first-order chi connectivity index (χ1) is 6.84. The van der Waals surface area contributed by atoms with Crippen molar-refractivity contribution < 1.29 is 9.15 Å². The first-order valence-electron chi connectivity index (χ1n) is 4.35. The van der Waals surface area contributed by atoms with Gasteiger partial charge in [-0.05, 0) is 24.3 Å². The number of furan rings is 1. The largest absolute Gasteiger partial charge is 0.486 e. The summed E-state index contributed by atoms with van der Waals surface area (Å²) >= 11 is 0.